The third kappa shape index (κ3) is 3.33. The molecule has 8 nitrogen and oxygen atoms in total. The number of Topliss-reactive ketones (excluding diaryl/α,β-unsaturated/α-hetero) is 1. The lowest BCUT2D eigenvalue weighted by Crippen LogP contribution is -2.46. The van der Waals surface area contributed by atoms with Crippen molar-refractivity contribution in [2.75, 3.05) is 23.1 Å². The van der Waals surface area contributed by atoms with Crippen molar-refractivity contribution in [3.05, 3.63) is 64.7 Å². The van der Waals surface area contributed by atoms with E-state index in [4.69, 9.17) is 0 Å². The van der Waals surface area contributed by atoms with Crippen molar-refractivity contribution in [1.82, 2.24) is 10.2 Å². The van der Waals surface area contributed by atoms with Crippen molar-refractivity contribution in [2.24, 2.45) is 0 Å². The first-order chi connectivity index (χ1) is 15.8. The number of sulfonamides is 1. The van der Waals surface area contributed by atoms with Gasteiger partial charge in [0.1, 0.15) is 5.54 Å². The Balaban J connectivity index is 1.39. The molecule has 3 amide bonds. The standard InChI is InChI=1S/C24H25N3O5S/c1-2-33(31,32)27-13-11-17-14-18(9-10-20(17)27)21(28)15-26-22(29)24(25-23(26)30)12-5-7-16-6-3-4-8-19(16)24/h3-4,6,8-10,14H,2,5,7,11-13,15H2,1H3,(H,25,30)/t24-/m0/s1. The highest BCUT2D eigenvalue weighted by Crippen LogP contribution is 2.40. The number of ketones is 1. The fraction of sp³-hybridized carbons (Fsp3) is 0.375. The van der Waals surface area contributed by atoms with Gasteiger partial charge in [-0.1, -0.05) is 24.3 Å². The SMILES string of the molecule is CCS(=O)(=O)N1CCc2cc(C(=O)CN3C(=O)N[C@]4(CCCc5ccccc54)C3=O)ccc21. The molecule has 2 aliphatic heterocycles. The largest absolute Gasteiger partial charge is 0.325 e. The van der Waals surface area contributed by atoms with E-state index in [-0.39, 0.29) is 18.1 Å². The van der Waals surface area contributed by atoms with Crippen LogP contribution in [0.4, 0.5) is 10.5 Å². The number of nitrogens with zero attached hydrogens (tertiary/aromatic N) is 2. The predicted octanol–water partition coefficient (Wildman–Crippen LogP) is 2.37. The van der Waals surface area contributed by atoms with Crippen LogP contribution in [0.1, 0.15) is 46.8 Å². The Bertz CT molecular complexity index is 1290. The molecule has 3 aliphatic rings. The molecule has 33 heavy (non-hydrogen) atoms. The minimum Gasteiger partial charge on any atom is -0.319 e. The normalized spacial score (nSPS) is 21.8. The Morgan fingerprint density at radius 3 is 2.67 bits per heavy atom. The van der Waals surface area contributed by atoms with E-state index in [9.17, 15) is 22.8 Å². The van der Waals surface area contributed by atoms with E-state index >= 15 is 0 Å². The van der Waals surface area contributed by atoms with E-state index < -0.39 is 27.5 Å². The van der Waals surface area contributed by atoms with Crippen molar-refractivity contribution in [2.45, 2.75) is 38.1 Å². The zero-order chi connectivity index (χ0) is 23.4. The highest BCUT2D eigenvalue weighted by atomic mass is 32.2. The Labute approximate surface area is 192 Å². The predicted molar refractivity (Wildman–Crippen MR) is 123 cm³/mol. The first-order valence-corrected chi connectivity index (χ1v) is 12.8. The van der Waals surface area contributed by atoms with Crippen molar-refractivity contribution >= 4 is 33.4 Å². The highest BCUT2D eigenvalue weighted by molar-refractivity contribution is 7.92. The van der Waals surface area contributed by atoms with Crippen LogP contribution >= 0.6 is 0 Å². The smallest absolute Gasteiger partial charge is 0.319 e. The second-order valence-electron chi connectivity index (χ2n) is 8.73. The van der Waals surface area contributed by atoms with Gasteiger partial charge in [0.05, 0.1) is 18.0 Å². The van der Waals surface area contributed by atoms with E-state index in [1.165, 1.54) is 4.31 Å². The first-order valence-electron chi connectivity index (χ1n) is 11.2. The molecule has 172 valence electrons. The molecule has 0 radical (unpaired) electrons. The number of carbonyl (C=O) groups excluding carboxylic acids is 3. The summed E-state index contributed by atoms with van der Waals surface area (Å²) in [6.45, 7) is 1.59. The van der Waals surface area contributed by atoms with Gasteiger partial charge in [-0.05, 0) is 67.5 Å². The van der Waals surface area contributed by atoms with Gasteiger partial charge in [0.15, 0.2) is 5.78 Å². The van der Waals surface area contributed by atoms with Gasteiger partial charge in [-0.3, -0.25) is 18.8 Å². The lowest BCUT2D eigenvalue weighted by atomic mass is 9.76. The molecule has 2 aromatic carbocycles. The fourth-order valence-corrected chi connectivity index (χ4v) is 6.34. The topological polar surface area (TPSA) is 104 Å². The summed E-state index contributed by atoms with van der Waals surface area (Å²) in [5.41, 5.74) is 2.44. The molecule has 1 atom stereocenters. The Morgan fingerprint density at radius 2 is 1.88 bits per heavy atom. The molecule has 1 N–H and O–H groups in total. The average Bonchev–Trinajstić information content (AvgIpc) is 3.35. The van der Waals surface area contributed by atoms with Crippen LogP contribution in [0.25, 0.3) is 0 Å². The Hall–Kier alpha value is -3.20. The minimum atomic E-state index is -3.38. The molecule has 0 bridgehead atoms. The Morgan fingerprint density at radius 1 is 1.09 bits per heavy atom. The third-order valence-corrected chi connectivity index (χ3v) is 8.69. The number of hydrogen-bond acceptors (Lipinski definition) is 5. The van der Waals surface area contributed by atoms with Crippen LogP contribution in [-0.2, 0) is 33.2 Å². The molecule has 0 aromatic heterocycles. The number of urea groups is 1. The maximum atomic E-state index is 13.4. The molecule has 1 fully saturated rings. The zero-order valence-electron chi connectivity index (χ0n) is 18.3. The second kappa shape index (κ2) is 7.69. The van der Waals surface area contributed by atoms with Crippen LogP contribution in [0.2, 0.25) is 0 Å². The van der Waals surface area contributed by atoms with Gasteiger partial charge in [0.2, 0.25) is 10.0 Å². The molecule has 1 spiro atoms. The Kier molecular flexibility index (Phi) is 5.04. The molecule has 2 aromatic rings. The lowest BCUT2D eigenvalue weighted by molar-refractivity contribution is -0.131. The molecule has 0 saturated carbocycles. The maximum absolute atomic E-state index is 13.4. The van der Waals surface area contributed by atoms with E-state index in [1.807, 2.05) is 24.3 Å². The van der Waals surface area contributed by atoms with Gasteiger partial charge < -0.3 is 5.32 Å². The van der Waals surface area contributed by atoms with E-state index in [1.54, 1.807) is 25.1 Å². The number of benzene rings is 2. The average molecular weight is 468 g/mol. The summed E-state index contributed by atoms with van der Waals surface area (Å²) < 4.78 is 26.0. The highest BCUT2D eigenvalue weighted by Gasteiger charge is 2.54. The van der Waals surface area contributed by atoms with Crippen LogP contribution in [0, 0.1) is 0 Å². The number of nitrogens with one attached hydrogen (secondary N) is 1. The number of rotatable bonds is 5. The van der Waals surface area contributed by atoms with Gasteiger partial charge in [-0.15, -0.1) is 0 Å². The van der Waals surface area contributed by atoms with Crippen molar-refractivity contribution in [3.63, 3.8) is 0 Å². The van der Waals surface area contributed by atoms with Crippen molar-refractivity contribution < 1.29 is 22.8 Å². The molecular formula is C24H25N3O5S. The first kappa shape index (κ1) is 21.6. The number of imide groups is 1. The summed E-state index contributed by atoms with van der Waals surface area (Å²) in [5.74, 6) is -0.752. The van der Waals surface area contributed by atoms with Crippen molar-refractivity contribution in [3.8, 4) is 0 Å². The fourth-order valence-electron chi connectivity index (χ4n) is 5.18. The van der Waals surface area contributed by atoms with Crippen LogP contribution in [0.15, 0.2) is 42.5 Å². The molecule has 5 rings (SSSR count). The van der Waals surface area contributed by atoms with Gasteiger partial charge >= 0.3 is 6.03 Å². The monoisotopic (exact) mass is 467 g/mol. The van der Waals surface area contributed by atoms with Crippen LogP contribution in [0.3, 0.4) is 0 Å². The summed E-state index contributed by atoms with van der Waals surface area (Å²) in [5, 5.41) is 2.86. The number of carbonyl (C=O) groups is 3. The third-order valence-electron chi connectivity index (χ3n) is 6.91. The number of aryl methyl sites for hydroxylation is 1. The maximum Gasteiger partial charge on any atom is 0.325 e. The van der Waals surface area contributed by atoms with Crippen LogP contribution in [0.5, 0.6) is 0 Å². The summed E-state index contributed by atoms with van der Waals surface area (Å²) >= 11 is 0. The zero-order valence-corrected chi connectivity index (χ0v) is 19.2. The van der Waals surface area contributed by atoms with Gasteiger partial charge in [-0.25, -0.2) is 13.2 Å². The molecule has 0 unspecified atom stereocenters. The molecule has 1 aliphatic carbocycles. The summed E-state index contributed by atoms with van der Waals surface area (Å²) in [6.07, 6.45) is 2.63. The quantitative estimate of drug-likeness (QED) is 0.537. The number of amides is 3. The molecular weight excluding hydrogens is 442 g/mol. The lowest BCUT2D eigenvalue weighted by Gasteiger charge is -2.33. The van der Waals surface area contributed by atoms with Gasteiger partial charge in [0, 0.05) is 12.1 Å². The van der Waals surface area contributed by atoms with Crippen molar-refractivity contribution in [1.29, 1.82) is 0 Å². The minimum absolute atomic E-state index is 0.00415. The number of anilines is 1. The van der Waals surface area contributed by atoms with Crippen LogP contribution in [-0.4, -0.2) is 49.9 Å². The van der Waals surface area contributed by atoms with Gasteiger partial charge in [0.25, 0.3) is 5.91 Å². The van der Waals surface area contributed by atoms with E-state index in [0.29, 0.717) is 30.6 Å². The molecule has 2 heterocycles. The molecule has 9 heteroatoms. The number of hydrogen-bond donors (Lipinski definition) is 1. The summed E-state index contributed by atoms with van der Waals surface area (Å²) in [4.78, 5) is 40.2. The summed E-state index contributed by atoms with van der Waals surface area (Å²) in [7, 11) is -3.38. The van der Waals surface area contributed by atoms with Gasteiger partial charge in [-0.2, -0.15) is 0 Å². The van der Waals surface area contributed by atoms with E-state index in [2.05, 4.69) is 5.32 Å². The summed E-state index contributed by atoms with van der Waals surface area (Å²) in [6, 6.07) is 11.9. The van der Waals surface area contributed by atoms with E-state index in [0.717, 1.165) is 34.4 Å². The van der Waals surface area contributed by atoms with Crippen LogP contribution < -0.4 is 9.62 Å². The molecule has 1 saturated heterocycles. The number of fused-ring (bicyclic) bond motifs is 3. The second-order valence-corrected chi connectivity index (χ2v) is 10.9.